The number of nitrogens with zero attached hydrogens (tertiary/aromatic N) is 1. The second kappa shape index (κ2) is 6.28. The van der Waals surface area contributed by atoms with Gasteiger partial charge in [0.15, 0.2) is 5.75 Å². The first kappa shape index (κ1) is 19.4. The molecule has 0 aliphatic heterocycles. The van der Waals surface area contributed by atoms with Gasteiger partial charge in [-0.2, -0.15) is 22.0 Å². The van der Waals surface area contributed by atoms with Gasteiger partial charge in [0.05, 0.1) is 0 Å². The van der Waals surface area contributed by atoms with E-state index in [9.17, 15) is 39.1 Å². The number of halogens is 6. The van der Waals surface area contributed by atoms with Gasteiger partial charge in [0, 0.05) is 0 Å². The minimum Gasteiger partial charge on any atom is -0.211 e. The largest absolute Gasteiger partial charge is 1.00 e. The molecule has 0 heterocycles. The maximum Gasteiger partial charge on any atom is 1.00 e. The molecule has 0 aliphatic carbocycles. The van der Waals surface area contributed by atoms with Crippen molar-refractivity contribution >= 4 is 20.0 Å². The average molecular weight is 302 g/mol. The van der Waals surface area contributed by atoms with E-state index < -0.39 is 37.7 Å². The summed E-state index contributed by atoms with van der Waals surface area (Å²) in [6.45, 7) is 0. The molecule has 0 saturated carbocycles. The minimum atomic E-state index is -5.64. The van der Waals surface area contributed by atoms with Crippen LogP contribution in [0.4, 0.5) is 26.5 Å². The van der Waals surface area contributed by atoms with E-state index in [4.69, 9.17) is 0 Å². The zero-order valence-corrected chi connectivity index (χ0v) is 9.58. The SMILES string of the molecule is O=S(=O)(CC(F)(F)F)N=S(=O)(OF)C(F)F.[Li+]. The van der Waals surface area contributed by atoms with E-state index in [2.05, 4.69) is 4.39 Å². The Hall–Kier alpha value is 0.0374. The Bertz CT molecular complexity index is 450. The van der Waals surface area contributed by atoms with E-state index in [-0.39, 0.29) is 18.9 Å². The predicted octanol–water partition coefficient (Wildman–Crippen LogP) is -1.61. The molecular formula is C3H3F6LiNO4S2+. The molecule has 14 heteroatoms. The Labute approximate surface area is 104 Å². The van der Waals surface area contributed by atoms with Crippen molar-refractivity contribution in [3.05, 3.63) is 0 Å². The van der Waals surface area contributed by atoms with Gasteiger partial charge in [0.2, 0.25) is 0 Å². The van der Waals surface area contributed by atoms with Gasteiger partial charge >= 0.3 is 30.8 Å². The van der Waals surface area contributed by atoms with Crippen molar-refractivity contribution in [3.8, 4) is 0 Å². The van der Waals surface area contributed by atoms with Crippen LogP contribution in [0, 0.1) is 0 Å². The number of hydrogen-bond donors (Lipinski definition) is 0. The third-order valence-electron chi connectivity index (χ3n) is 0.879. The molecule has 0 fully saturated rings. The monoisotopic (exact) mass is 302 g/mol. The second-order valence-electron chi connectivity index (χ2n) is 2.25. The fourth-order valence-corrected chi connectivity index (χ4v) is 2.76. The Kier molecular flexibility index (Phi) is 7.15. The Balaban J connectivity index is 0. The van der Waals surface area contributed by atoms with Gasteiger partial charge in [-0.25, -0.2) is 12.6 Å². The Morgan fingerprint density at radius 2 is 1.59 bits per heavy atom. The molecular weight excluding hydrogens is 299 g/mol. The molecule has 0 aromatic rings. The van der Waals surface area contributed by atoms with Crippen LogP contribution in [0.3, 0.4) is 0 Å². The summed E-state index contributed by atoms with van der Waals surface area (Å²) in [6.07, 6.45) is -5.29. The van der Waals surface area contributed by atoms with Crippen LogP contribution in [-0.2, 0) is 24.4 Å². The van der Waals surface area contributed by atoms with Crippen molar-refractivity contribution < 1.29 is 62.4 Å². The first-order valence-electron chi connectivity index (χ1n) is 3.07. The van der Waals surface area contributed by atoms with Crippen molar-refractivity contribution in [3.63, 3.8) is 0 Å². The fraction of sp³-hybridized carbons (Fsp3) is 1.00. The number of hydrogen-bond acceptors (Lipinski definition) is 4. The molecule has 0 aromatic heterocycles. The summed E-state index contributed by atoms with van der Waals surface area (Å²) >= 11 is 0. The predicted molar refractivity (Wildman–Crippen MR) is 38.6 cm³/mol. The van der Waals surface area contributed by atoms with Crippen LogP contribution < -0.4 is 18.9 Å². The molecule has 0 radical (unpaired) electrons. The zero-order valence-electron chi connectivity index (χ0n) is 7.95. The van der Waals surface area contributed by atoms with Crippen LogP contribution in [0.1, 0.15) is 0 Å². The van der Waals surface area contributed by atoms with Gasteiger partial charge in [0.1, 0.15) is 0 Å². The van der Waals surface area contributed by atoms with Crippen LogP contribution in [0.2, 0.25) is 0 Å². The van der Waals surface area contributed by atoms with E-state index in [0.717, 1.165) is 0 Å². The first-order valence-corrected chi connectivity index (χ1v) is 6.18. The summed E-state index contributed by atoms with van der Waals surface area (Å²) in [5.41, 5.74) is 0. The minimum absolute atomic E-state index is 0. The summed E-state index contributed by atoms with van der Waals surface area (Å²) in [5.74, 6) is -6.85. The van der Waals surface area contributed by atoms with Crippen molar-refractivity contribution in [2.24, 2.45) is 3.77 Å². The van der Waals surface area contributed by atoms with Gasteiger partial charge in [-0.1, -0.05) is 8.16 Å². The molecule has 1 atom stereocenters. The molecule has 0 aromatic carbocycles. The standard InChI is InChI=1S/C3H3F6NO4S2.Li/c4-2(5)16(13,14-9)10-15(11,12)1-3(6,7)8;/h2H,1H2;/q;+1. The van der Waals surface area contributed by atoms with Crippen LogP contribution in [0.5, 0.6) is 0 Å². The van der Waals surface area contributed by atoms with E-state index in [1.165, 1.54) is 0 Å². The van der Waals surface area contributed by atoms with E-state index in [1.807, 2.05) is 0 Å². The third kappa shape index (κ3) is 7.14. The van der Waals surface area contributed by atoms with Gasteiger partial charge < -0.3 is 0 Å². The van der Waals surface area contributed by atoms with Crippen LogP contribution in [0.15, 0.2) is 3.77 Å². The summed E-state index contributed by atoms with van der Waals surface area (Å²) in [7, 11) is -11.2. The maximum atomic E-state index is 11.8. The van der Waals surface area contributed by atoms with Gasteiger partial charge in [-0.15, -0.1) is 0 Å². The zero-order chi connectivity index (χ0) is 13.2. The van der Waals surface area contributed by atoms with Crippen molar-refractivity contribution in [2.75, 3.05) is 5.75 Å². The molecule has 17 heavy (non-hydrogen) atoms. The normalized spacial score (nSPS) is 16.2. The summed E-state index contributed by atoms with van der Waals surface area (Å²) in [6, 6.07) is 0. The summed E-state index contributed by atoms with van der Waals surface area (Å²) in [5, 5.41) is 0. The molecule has 0 N–H and O–H groups in total. The van der Waals surface area contributed by atoms with Gasteiger partial charge in [-0.05, 0) is 4.53 Å². The number of sulfonamides is 1. The molecule has 98 valence electrons. The maximum absolute atomic E-state index is 11.8. The van der Waals surface area contributed by atoms with Crippen molar-refractivity contribution in [2.45, 2.75) is 11.9 Å². The first-order chi connectivity index (χ1) is 6.92. The molecule has 0 rings (SSSR count). The Morgan fingerprint density at radius 3 is 1.82 bits per heavy atom. The van der Waals surface area contributed by atoms with Gasteiger partial charge in [0.25, 0.3) is 20.0 Å². The second-order valence-corrected chi connectivity index (χ2v) is 5.82. The van der Waals surface area contributed by atoms with Gasteiger partial charge in [-0.3, -0.25) is 0 Å². The Morgan fingerprint density at radius 1 is 1.18 bits per heavy atom. The van der Waals surface area contributed by atoms with E-state index in [0.29, 0.717) is 0 Å². The molecule has 5 nitrogen and oxygen atoms in total. The molecule has 0 saturated heterocycles. The van der Waals surface area contributed by atoms with Crippen molar-refractivity contribution in [1.82, 2.24) is 0 Å². The molecule has 1 unspecified atom stereocenters. The van der Waals surface area contributed by atoms with Crippen LogP contribution in [0.25, 0.3) is 0 Å². The third-order valence-corrected chi connectivity index (χ3v) is 3.94. The quantitative estimate of drug-likeness (QED) is 0.463. The summed E-state index contributed by atoms with van der Waals surface area (Å²) in [4.78, 5) is 0. The molecule has 0 aliphatic rings. The van der Waals surface area contributed by atoms with Crippen LogP contribution in [-0.4, -0.2) is 30.3 Å². The smallest absolute Gasteiger partial charge is 0.211 e. The van der Waals surface area contributed by atoms with Crippen LogP contribution >= 0.6 is 0 Å². The molecule has 0 bridgehead atoms. The molecule has 0 spiro atoms. The van der Waals surface area contributed by atoms with E-state index in [1.54, 1.807) is 3.77 Å². The number of alkyl halides is 5. The molecule has 0 amide bonds. The van der Waals surface area contributed by atoms with Crippen molar-refractivity contribution in [1.29, 1.82) is 0 Å². The number of rotatable bonds is 4. The average Bonchev–Trinajstić information content (AvgIpc) is 1.97. The topological polar surface area (TPSA) is 72.8 Å². The fourth-order valence-electron chi connectivity index (χ4n) is 0.463. The summed E-state index contributed by atoms with van der Waals surface area (Å²) < 4.78 is 105. The van der Waals surface area contributed by atoms with E-state index >= 15 is 0 Å².